The van der Waals surface area contributed by atoms with Crippen LogP contribution in [0.1, 0.15) is 17.3 Å². The Morgan fingerprint density at radius 2 is 1.14 bits per heavy atom. The smallest absolute Gasteiger partial charge is 0.155 e. The van der Waals surface area contributed by atoms with Crippen LogP contribution in [-0.4, -0.2) is 17.1 Å². The normalized spacial score (nSPS) is 12.5. The van der Waals surface area contributed by atoms with E-state index in [9.17, 15) is 0 Å². The Kier molecular flexibility index (Phi) is 8.82. The molecule has 0 aliphatic heterocycles. The van der Waals surface area contributed by atoms with E-state index in [4.69, 9.17) is 9.41 Å². The Morgan fingerprint density at radius 3 is 1.93 bits per heavy atom. The van der Waals surface area contributed by atoms with E-state index < -0.39 is 6.17 Å². The maximum absolute atomic E-state index is 6.44. The first-order chi connectivity index (χ1) is 28.2. The first-order valence-corrected chi connectivity index (χ1v) is 19.2. The Morgan fingerprint density at radius 1 is 0.526 bits per heavy atom. The van der Waals surface area contributed by atoms with Crippen molar-refractivity contribution in [2.24, 2.45) is 9.98 Å². The van der Waals surface area contributed by atoms with Gasteiger partial charge < -0.3 is 8.98 Å². The van der Waals surface area contributed by atoms with Crippen LogP contribution in [0.15, 0.2) is 209 Å². The van der Waals surface area contributed by atoms with Crippen LogP contribution in [0.5, 0.6) is 0 Å². The van der Waals surface area contributed by atoms with E-state index in [0.717, 1.165) is 71.9 Å². The van der Waals surface area contributed by atoms with Crippen molar-refractivity contribution in [3.8, 4) is 33.4 Å². The molecule has 0 aliphatic rings. The fourth-order valence-electron chi connectivity index (χ4n) is 8.07. The summed E-state index contributed by atoms with van der Waals surface area (Å²) >= 11 is 0. The highest BCUT2D eigenvalue weighted by molar-refractivity contribution is 6.12. The third kappa shape index (κ3) is 6.40. The van der Waals surface area contributed by atoms with Crippen molar-refractivity contribution in [1.82, 2.24) is 9.88 Å². The number of amidine groups is 1. The van der Waals surface area contributed by atoms with Gasteiger partial charge in [-0.25, -0.2) is 9.98 Å². The third-order valence-corrected chi connectivity index (χ3v) is 10.9. The number of hydrogen-bond donors (Lipinski definition) is 1. The van der Waals surface area contributed by atoms with Gasteiger partial charge >= 0.3 is 0 Å². The Hall–Kier alpha value is -7.34. The van der Waals surface area contributed by atoms with E-state index in [-0.39, 0.29) is 0 Å². The summed E-state index contributed by atoms with van der Waals surface area (Å²) < 4.78 is 8.79. The lowest BCUT2D eigenvalue weighted by molar-refractivity contribution is 0.491. The number of fused-ring (bicyclic) bond motifs is 6. The van der Waals surface area contributed by atoms with E-state index in [0.29, 0.717) is 12.5 Å². The van der Waals surface area contributed by atoms with Crippen LogP contribution in [0.3, 0.4) is 0 Å². The molecule has 1 N–H and O–H groups in total. The van der Waals surface area contributed by atoms with Gasteiger partial charge in [0.05, 0.1) is 17.7 Å². The summed E-state index contributed by atoms with van der Waals surface area (Å²) in [5.41, 5.74) is 12.7. The molecular formula is C52H38N4O. The largest absolute Gasteiger partial charge is 0.455 e. The van der Waals surface area contributed by atoms with Crippen LogP contribution >= 0.6 is 0 Å². The minimum absolute atomic E-state index is 0.420. The minimum Gasteiger partial charge on any atom is -0.455 e. The van der Waals surface area contributed by atoms with Gasteiger partial charge in [-0.3, -0.25) is 5.32 Å². The second-order valence-electron chi connectivity index (χ2n) is 14.3. The molecule has 10 aromatic rings. The molecule has 5 heteroatoms. The molecule has 10 rings (SSSR count). The lowest BCUT2D eigenvalue weighted by Crippen LogP contribution is -2.24. The van der Waals surface area contributed by atoms with E-state index in [1.165, 1.54) is 16.3 Å². The predicted molar refractivity (Wildman–Crippen MR) is 238 cm³/mol. The molecule has 272 valence electrons. The van der Waals surface area contributed by atoms with Crippen molar-refractivity contribution >= 4 is 56.3 Å². The van der Waals surface area contributed by atoms with Crippen molar-refractivity contribution < 1.29 is 4.42 Å². The van der Waals surface area contributed by atoms with Crippen molar-refractivity contribution in [3.63, 3.8) is 0 Å². The Labute approximate surface area is 330 Å². The number of benzene rings is 8. The Balaban J connectivity index is 1.04. The standard InChI is InChI=1S/C52H38N4O/c1-53-51(41-19-12-18-39(32-41)36-16-6-3-7-17-36)55-52(38-28-26-37(27-29-38)35-14-4-2-5-15-35)54-34-56-47-24-10-8-20-43(47)46-33-40(30-31-48(46)56)42-22-13-23-45-44-21-9-11-25-49(44)57-50(42)45/h2-33,52,54H,1,34H2. The van der Waals surface area contributed by atoms with Gasteiger partial charge in [0, 0.05) is 32.7 Å². The lowest BCUT2D eigenvalue weighted by Gasteiger charge is -2.19. The van der Waals surface area contributed by atoms with Gasteiger partial charge in [0.25, 0.3) is 0 Å². The molecule has 0 saturated carbocycles. The summed E-state index contributed by atoms with van der Waals surface area (Å²) in [6.07, 6.45) is -0.420. The molecule has 0 amide bonds. The number of aliphatic imine (C=N–C) groups is 2. The van der Waals surface area contributed by atoms with Gasteiger partial charge in [-0.15, -0.1) is 0 Å². The molecule has 5 nitrogen and oxygen atoms in total. The van der Waals surface area contributed by atoms with Gasteiger partial charge in [0.2, 0.25) is 0 Å². The minimum atomic E-state index is -0.420. The van der Waals surface area contributed by atoms with Gasteiger partial charge in [-0.1, -0.05) is 164 Å². The van der Waals surface area contributed by atoms with E-state index >= 15 is 0 Å². The number of aromatic nitrogens is 1. The van der Waals surface area contributed by atoms with Crippen molar-refractivity contribution in [3.05, 3.63) is 205 Å². The summed E-state index contributed by atoms with van der Waals surface area (Å²) in [6, 6.07) is 67.8. The van der Waals surface area contributed by atoms with E-state index in [2.05, 4.69) is 185 Å². The van der Waals surface area contributed by atoms with Crippen molar-refractivity contribution in [2.75, 3.05) is 0 Å². The fraction of sp³-hybridized carbons (Fsp3) is 0.0385. The number of furan rings is 1. The molecule has 0 bridgehead atoms. The van der Waals surface area contributed by atoms with Crippen LogP contribution in [0.2, 0.25) is 0 Å². The first kappa shape index (κ1) is 34.2. The van der Waals surface area contributed by atoms with Crippen LogP contribution in [0.4, 0.5) is 0 Å². The first-order valence-electron chi connectivity index (χ1n) is 19.2. The topological polar surface area (TPSA) is 54.8 Å². The SMILES string of the molecule is C=NC(=NC(NCn1c2ccccc2c2cc(-c3cccc4c3oc3ccccc34)ccc21)c1ccc(-c2ccccc2)cc1)c1cccc(-c2ccccc2)c1. The average molecular weight is 735 g/mol. The molecule has 57 heavy (non-hydrogen) atoms. The van der Waals surface area contributed by atoms with E-state index in [1.54, 1.807) is 0 Å². The predicted octanol–water partition coefficient (Wildman–Crippen LogP) is 13.1. The molecule has 8 aromatic carbocycles. The molecule has 0 saturated heterocycles. The van der Waals surface area contributed by atoms with Crippen LogP contribution < -0.4 is 5.32 Å². The zero-order chi connectivity index (χ0) is 38.1. The number of rotatable bonds is 9. The molecule has 0 aliphatic carbocycles. The van der Waals surface area contributed by atoms with Crippen molar-refractivity contribution in [2.45, 2.75) is 12.8 Å². The molecule has 2 aromatic heterocycles. The monoisotopic (exact) mass is 734 g/mol. The molecule has 2 heterocycles. The zero-order valence-corrected chi connectivity index (χ0v) is 31.2. The third-order valence-electron chi connectivity index (χ3n) is 10.9. The summed E-state index contributed by atoms with van der Waals surface area (Å²) in [5, 5.41) is 8.44. The summed E-state index contributed by atoms with van der Waals surface area (Å²) in [5.74, 6) is 0.573. The average Bonchev–Trinajstić information content (AvgIpc) is 3.82. The van der Waals surface area contributed by atoms with E-state index in [1.807, 2.05) is 30.3 Å². The highest BCUT2D eigenvalue weighted by atomic mass is 16.3. The summed E-state index contributed by atoms with van der Waals surface area (Å²) in [6.45, 7) is 4.48. The highest BCUT2D eigenvalue weighted by Crippen LogP contribution is 2.38. The maximum atomic E-state index is 6.44. The summed E-state index contributed by atoms with van der Waals surface area (Å²) in [4.78, 5) is 9.77. The second-order valence-corrected chi connectivity index (χ2v) is 14.3. The zero-order valence-electron chi connectivity index (χ0n) is 31.2. The maximum Gasteiger partial charge on any atom is 0.155 e. The molecule has 0 spiro atoms. The molecule has 0 fully saturated rings. The molecule has 1 atom stereocenters. The number of para-hydroxylation sites is 3. The molecule has 0 radical (unpaired) electrons. The van der Waals surface area contributed by atoms with Gasteiger partial charge in [0.15, 0.2) is 5.84 Å². The molecule has 1 unspecified atom stereocenters. The number of hydrogen-bond acceptors (Lipinski definition) is 3. The highest BCUT2D eigenvalue weighted by Gasteiger charge is 2.18. The van der Waals surface area contributed by atoms with Crippen LogP contribution in [0.25, 0.3) is 77.1 Å². The number of nitrogens with zero attached hydrogens (tertiary/aromatic N) is 3. The van der Waals surface area contributed by atoms with Gasteiger partial charge in [0.1, 0.15) is 17.3 Å². The lowest BCUT2D eigenvalue weighted by atomic mass is 10.0. The van der Waals surface area contributed by atoms with Crippen LogP contribution in [0, 0.1) is 0 Å². The Bertz CT molecular complexity index is 3090. The second kappa shape index (κ2) is 14.7. The molecular weight excluding hydrogens is 697 g/mol. The van der Waals surface area contributed by atoms with Gasteiger partial charge in [-0.2, -0.15) is 0 Å². The summed E-state index contributed by atoms with van der Waals surface area (Å²) in [7, 11) is 0. The fourth-order valence-corrected chi connectivity index (χ4v) is 8.07. The number of nitrogens with one attached hydrogen (secondary N) is 1. The quantitative estimate of drug-likeness (QED) is 0.119. The van der Waals surface area contributed by atoms with Crippen molar-refractivity contribution in [1.29, 1.82) is 0 Å². The van der Waals surface area contributed by atoms with Crippen LogP contribution in [-0.2, 0) is 6.67 Å². The van der Waals surface area contributed by atoms with Gasteiger partial charge in [-0.05, 0) is 70.4 Å².